The van der Waals surface area contributed by atoms with Gasteiger partial charge in [-0.25, -0.2) is 14.8 Å². The van der Waals surface area contributed by atoms with Crippen molar-refractivity contribution < 1.29 is 14.3 Å². The summed E-state index contributed by atoms with van der Waals surface area (Å²) in [6, 6.07) is 5.50. The molecule has 1 aliphatic heterocycles. The highest BCUT2D eigenvalue weighted by Crippen LogP contribution is 2.27. The molecule has 1 unspecified atom stereocenters. The molecule has 0 spiro atoms. The summed E-state index contributed by atoms with van der Waals surface area (Å²) in [5.74, 6) is 0.221. The van der Waals surface area contributed by atoms with Gasteiger partial charge in [0.1, 0.15) is 5.60 Å². The lowest BCUT2D eigenvalue weighted by Crippen LogP contribution is -2.41. The minimum atomic E-state index is -0.569. The van der Waals surface area contributed by atoms with E-state index < -0.39 is 11.7 Å². The number of likely N-dealkylation sites (tertiary alicyclic amines) is 1. The number of carbonyl (C=O) groups is 2. The van der Waals surface area contributed by atoms with Gasteiger partial charge < -0.3 is 20.3 Å². The van der Waals surface area contributed by atoms with Gasteiger partial charge in [0.15, 0.2) is 5.69 Å². The van der Waals surface area contributed by atoms with Gasteiger partial charge in [0.05, 0.1) is 22.3 Å². The normalized spacial score (nSPS) is 17.1. The number of fused-ring (bicyclic) bond motifs is 1. The number of alkyl carbamates (subject to hydrolysis) is 1. The first-order chi connectivity index (χ1) is 15.7. The quantitative estimate of drug-likeness (QED) is 0.582. The number of hydrogen-bond acceptors (Lipinski definition) is 8. The maximum atomic E-state index is 13.4. The van der Waals surface area contributed by atoms with E-state index in [9.17, 15) is 9.59 Å². The van der Waals surface area contributed by atoms with Crippen molar-refractivity contribution in [2.45, 2.75) is 51.8 Å². The van der Waals surface area contributed by atoms with Crippen molar-refractivity contribution in [1.29, 1.82) is 0 Å². The minimum Gasteiger partial charge on any atom is -0.444 e. The van der Waals surface area contributed by atoms with E-state index in [1.807, 2.05) is 51.3 Å². The highest BCUT2D eigenvalue weighted by molar-refractivity contribution is 7.17. The number of amides is 2. The summed E-state index contributed by atoms with van der Waals surface area (Å²) in [6.45, 7) is 8.39. The Bertz CT molecular complexity index is 1140. The molecule has 0 radical (unpaired) electrons. The van der Waals surface area contributed by atoms with Crippen LogP contribution in [0.4, 0.5) is 10.7 Å². The van der Waals surface area contributed by atoms with Gasteiger partial charge in [-0.3, -0.25) is 9.78 Å². The molecule has 0 saturated carbocycles. The van der Waals surface area contributed by atoms with Crippen molar-refractivity contribution in [2.75, 3.05) is 18.4 Å². The second-order valence-corrected chi connectivity index (χ2v) is 9.98. The number of ether oxygens (including phenoxy) is 1. The number of pyridine rings is 1. The van der Waals surface area contributed by atoms with Crippen molar-refractivity contribution in [1.82, 2.24) is 25.2 Å². The van der Waals surface area contributed by atoms with Crippen LogP contribution >= 0.6 is 11.3 Å². The van der Waals surface area contributed by atoms with Gasteiger partial charge in [-0.1, -0.05) is 6.07 Å². The average molecular weight is 469 g/mol. The zero-order valence-corrected chi connectivity index (χ0v) is 20.0. The smallest absolute Gasteiger partial charge is 0.407 e. The number of rotatable bonds is 5. The van der Waals surface area contributed by atoms with E-state index in [1.165, 1.54) is 11.3 Å². The van der Waals surface area contributed by atoms with E-state index >= 15 is 0 Å². The fourth-order valence-electron chi connectivity index (χ4n) is 3.67. The van der Waals surface area contributed by atoms with Crippen LogP contribution < -0.4 is 10.6 Å². The van der Waals surface area contributed by atoms with E-state index in [0.29, 0.717) is 31.2 Å². The van der Waals surface area contributed by atoms with E-state index in [1.54, 1.807) is 17.3 Å². The van der Waals surface area contributed by atoms with E-state index in [-0.39, 0.29) is 18.0 Å². The molecule has 2 amide bonds. The van der Waals surface area contributed by atoms with Gasteiger partial charge in [0.25, 0.3) is 5.91 Å². The molecule has 2 N–H and O–H groups in total. The lowest BCUT2D eigenvalue weighted by Gasteiger charge is -2.22. The molecule has 1 saturated heterocycles. The van der Waals surface area contributed by atoms with Crippen LogP contribution in [0.25, 0.3) is 10.2 Å². The van der Waals surface area contributed by atoms with Crippen LogP contribution in [0.2, 0.25) is 0 Å². The molecule has 10 heteroatoms. The maximum Gasteiger partial charge on any atom is 0.407 e. The van der Waals surface area contributed by atoms with Crippen LogP contribution in [0.3, 0.4) is 0 Å². The fraction of sp³-hybridized carbons (Fsp3) is 0.435. The number of thiophene rings is 1. The Morgan fingerprint density at radius 2 is 2.09 bits per heavy atom. The monoisotopic (exact) mass is 468 g/mol. The summed E-state index contributed by atoms with van der Waals surface area (Å²) < 4.78 is 6.08. The topological polar surface area (TPSA) is 109 Å². The molecule has 3 aromatic rings. The Morgan fingerprint density at radius 3 is 2.82 bits per heavy atom. The second-order valence-electron chi connectivity index (χ2n) is 9.07. The summed E-state index contributed by atoms with van der Waals surface area (Å²) in [4.78, 5) is 40.5. The molecule has 1 aliphatic rings. The van der Waals surface area contributed by atoms with Crippen LogP contribution in [0.1, 0.15) is 56.2 Å². The number of nitrogens with zero attached hydrogens (tertiary/aromatic N) is 4. The van der Waals surface area contributed by atoms with E-state index in [2.05, 4.69) is 25.6 Å². The van der Waals surface area contributed by atoms with Crippen LogP contribution in [0.15, 0.2) is 36.0 Å². The molecule has 0 aliphatic carbocycles. The molecular formula is C23H28N6O3S. The molecule has 9 nitrogen and oxygen atoms in total. The Morgan fingerprint density at radius 1 is 1.27 bits per heavy atom. The zero-order valence-electron chi connectivity index (χ0n) is 19.2. The predicted octanol–water partition coefficient (Wildman–Crippen LogP) is 4.00. The van der Waals surface area contributed by atoms with E-state index in [0.717, 1.165) is 15.8 Å². The predicted molar refractivity (Wildman–Crippen MR) is 127 cm³/mol. The summed E-state index contributed by atoms with van der Waals surface area (Å²) >= 11 is 1.44. The average Bonchev–Trinajstić information content (AvgIpc) is 3.41. The van der Waals surface area contributed by atoms with Gasteiger partial charge in [0, 0.05) is 25.5 Å². The van der Waals surface area contributed by atoms with Crippen molar-refractivity contribution in [3.05, 3.63) is 47.2 Å². The van der Waals surface area contributed by atoms with Crippen LogP contribution in [0, 0.1) is 0 Å². The van der Waals surface area contributed by atoms with Crippen LogP contribution in [-0.2, 0) is 4.74 Å². The second kappa shape index (κ2) is 9.30. The zero-order chi connectivity index (χ0) is 23.6. The molecule has 1 fully saturated rings. The minimum absolute atomic E-state index is 0.0769. The SMILES string of the molecule is C[C@H](Nc1nc(C(=O)N2CCC(NC(=O)OC(C)(C)C)C2)c2sccc2n1)c1cccnc1. The first kappa shape index (κ1) is 22.9. The van der Waals surface area contributed by atoms with Crippen molar-refractivity contribution >= 4 is 39.5 Å². The summed E-state index contributed by atoms with van der Waals surface area (Å²) in [5.41, 5.74) is 1.52. The number of aromatic nitrogens is 3. The first-order valence-corrected chi connectivity index (χ1v) is 11.8. The van der Waals surface area contributed by atoms with Crippen LogP contribution in [0.5, 0.6) is 0 Å². The Hall–Kier alpha value is -3.27. The number of nitrogens with one attached hydrogen (secondary N) is 2. The lowest BCUT2D eigenvalue weighted by molar-refractivity contribution is 0.0502. The largest absolute Gasteiger partial charge is 0.444 e. The highest BCUT2D eigenvalue weighted by atomic mass is 32.1. The number of anilines is 1. The molecule has 0 aromatic carbocycles. The summed E-state index contributed by atoms with van der Waals surface area (Å²) in [5, 5.41) is 8.04. The molecule has 4 heterocycles. The molecule has 33 heavy (non-hydrogen) atoms. The molecule has 174 valence electrons. The lowest BCUT2D eigenvalue weighted by atomic mass is 10.1. The Balaban J connectivity index is 1.49. The van der Waals surface area contributed by atoms with Gasteiger partial charge >= 0.3 is 6.09 Å². The van der Waals surface area contributed by atoms with Crippen molar-refractivity contribution in [3.8, 4) is 0 Å². The summed E-state index contributed by atoms with van der Waals surface area (Å²) in [6.07, 6.45) is 3.70. The maximum absolute atomic E-state index is 13.4. The standard InChI is InChI=1S/C23H28N6O3S/c1-14(15-6-5-9-24-12-15)25-21-27-17-8-11-33-19(17)18(28-21)20(30)29-10-7-16(13-29)26-22(31)32-23(2,3)4/h5-6,8-9,11-12,14,16H,7,10,13H2,1-4H3,(H,26,31)(H,25,27,28)/t14-,16?/m0/s1. The third kappa shape index (κ3) is 5.57. The molecule has 3 aromatic heterocycles. The first-order valence-electron chi connectivity index (χ1n) is 10.9. The fourth-order valence-corrected chi connectivity index (χ4v) is 4.48. The van der Waals surface area contributed by atoms with Gasteiger partial charge in [-0.2, -0.15) is 0 Å². The number of carbonyl (C=O) groups excluding carboxylic acids is 2. The third-order valence-electron chi connectivity index (χ3n) is 5.23. The molecule has 4 rings (SSSR count). The summed E-state index contributed by atoms with van der Waals surface area (Å²) in [7, 11) is 0. The van der Waals surface area contributed by atoms with Crippen LogP contribution in [-0.4, -0.2) is 56.6 Å². The Kier molecular flexibility index (Phi) is 6.46. The molecule has 2 atom stereocenters. The van der Waals surface area contributed by atoms with Gasteiger partial charge in [0.2, 0.25) is 5.95 Å². The Labute approximate surface area is 196 Å². The third-order valence-corrected chi connectivity index (χ3v) is 6.14. The van der Waals surface area contributed by atoms with Crippen molar-refractivity contribution in [3.63, 3.8) is 0 Å². The molecule has 0 bridgehead atoms. The van der Waals surface area contributed by atoms with E-state index in [4.69, 9.17) is 4.74 Å². The van der Waals surface area contributed by atoms with Gasteiger partial charge in [-0.05, 0) is 57.2 Å². The highest BCUT2D eigenvalue weighted by Gasteiger charge is 2.31. The van der Waals surface area contributed by atoms with Crippen molar-refractivity contribution in [2.24, 2.45) is 0 Å². The molecular weight excluding hydrogens is 440 g/mol. The van der Waals surface area contributed by atoms with Gasteiger partial charge in [-0.15, -0.1) is 11.3 Å². The number of hydrogen-bond donors (Lipinski definition) is 2.